The Balaban J connectivity index is 2.79. The van der Waals surface area contributed by atoms with Gasteiger partial charge in [-0.2, -0.15) is 5.10 Å². The third kappa shape index (κ3) is 2.38. The Morgan fingerprint density at radius 3 is 2.15 bits per heavy atom. The van der Waals surface area contributed by atoms with E-state index in [1.807, 2.05) is 0 Å². The minimum absolute atomic E-state index is 0.384. The Morgan fingerprint density at radius 1 is 1.10 bits per heavy atom. The zero-order valence-electron chi connectivity index (χ0n) is 12.8. The number of hydrogen-bond donors (Lipinski definition) is 2. The fourth-order valence-electron chi connectivity index (χ4n) is 2.54. The van der Waals surface area contributed by atoms with Crippen molar-refractivity contribution in [3.05, 3.63) is 29.5 Å². The van der Waals surface area contributed by atoms with Gasteiger partial charge in [0.25, 0.3) is 0 Å². The summed E-state index contributed by atoms with van der Waals surface area (Å²) in [4.78, 5) is 0. The van der Waals surface area contributed by atoms with E-state index < -0.39 is 0 Å². The number of aromatic nitrogens is 2. The van der Waals surface area contributed by atoms with E-state index >= 15 is 0 Å². The van der Waals surface area contributed by atoms with Crippen molar-refractivity contribution < 1.29 is 4.74 Å². The number of rotatable bonds is 4. The van der Waals surface area contributed by atoms with Crippen molar-refractivity contribution in [3.8, 4) is 16.9 Å². The van der Waals surface area contributed by atoms with Crippen molar-refractivity contribution in [2.24, 2.45) is 0 Å². The van der Waals surface area contributed by atoms with Crippen LogP contribution in [0.15, 0.2) is 18.3 Å². The molecule has 2 rings (SSSR count). The second-order valence-corrected chi connectivity index (χ2v) is 5.66. The molecule has 1 heterocycles. The normalized spacial score (nSPS) is 11.3. The number of hydrogen-bond acceptors (Lipinski definition) is 3. The molecule has 108 valence electrons. The monoisotopic (exact) mass is 273 g/mol. The number of aromatic amines is 1. The standard InChI is InChI=1S/C16H23N3O/c1-9(2)11-6-7-12(10(3)4)15(20-5)14(11)13-8-18-19-16(13)17/h6-10H,1-5H3,(H3,17,18,19). The molecule has 3 N–H and O–H groups in total. The van der Waals surface area contributed by atoms with E-state index in [1.54, 1.807) is 13.3 Å². The van der Waals surface area contributed by atoms with E-state index in [1.165, 1.54) is 11.1 Å². The SMILES string of the molecule is COc1c(C(C)C)ccc(C(C)C)c1-c1cn[nH]c1N. The van der Waals surface area contributed by atoms with Gasteiger partial charge in [-0.05, 0) is 23.0 Å². The summed E-state index contributed by atoms with van der Waals surface area (Å²) < 4.78 is 5.71. The summed E-state index contributed by atoms with van der Waals surface area (Å²) in [6, 6.07) is 4.32. The lowest BCUT2D eigenvalue weighted by Gasteiger charge is -2.21. The summed E-state index contributed by atoms with van der Waals surface area (Å²) in [5.74, 6) is 2.25. The van der Waals surface area contributed by atoms with E-state index in [-0.39, 0.29) is 0 Å². The summed E-state index contributed by atoms with van der Waals surface area (Å²) in [7, 11) is 1.71. The lowest BCUT2D eigenvalue weighted by Crippen LogP contribution is -2.02. The van der Waals surface area contributed by atoms with Gasteiger partial charge in [-0.15, -0.1) is 0 Å². The molecule has 4 nitrogen and oxygen atoms in total. The van der Waals surface area contributed by atoms with E-state index in [0.717, 1.165) is 16.9 Å². The van der Waals surface area contributed by atoms with Crippen LogP contribution in [-0.4, -0.2) is 17.3 Å². The Labute approximate surface area is 120 Å². The molecule has 0 spiro atoms. The van der Waals surface area contributed by atoms with Crippen LogP contribution in [-0.2, 0) is 0 Å². The minimum Gasteiger partial charge on any atom is -0.496 e. The van der Waals surface area contributed by atoms with Crippen LogP contribution in [0.4, 0.5) is 5.82 Å². The van der Waals surface area contributed by atoms with Crippen LogP contribution in [0.5, 0.6) is 5.75 Å². The van der Waals surface area contributed by atoms with Crippen molar-refractivity contribution in [2.75, 3.05) is 12.8 Å². The van der Waals surface area contributed by atoms with Crippen molar-refractivity contribution in [1.82, 2.24) is 10.2 Å². The second-order valence-electron chi connectivity index (χ2n) is 5.66. The maximum Gasteiger partial charge on any atom is 0.130 e. The number of ether oxygens (including phenoxy) is 1. The first-order valence-electron chi connectivity index (χ1n) is 6.97. The van der Waals surface area contributed by atoms with Gasteiger partial charge in [-0.3, -0.25) is 5.10 Å². The molecule has 0 amide bonds. The molecule has 0 saturated carbocycles. The molecule has 0 aliphatic carbocycles. The van der Waals surface area contributed by atoms with Crippen LogP contribution in [0.3, 0.4) is 0 Å². The zero-order chi connectivity index (χ0) is 14.9. The number of nitrogens with two attached hydrogens (primary N) is 1. The van der Waals surface area contributed by atoms with E-state index in [4.69, 9.17) is 10.5 Å². The summed E-state index contributed by atoms with van der Waals surface area (Å²) >= 11 is 0. The van der Waals surface area contributed by atoms with Crippen LogP contribution in [0.2, 0.25) is 0 Å². The molecule has 0 unspecified atom stereocenters. The van der Waals surface area contributed by atoms with Crippen molar-refractivity contribution >= 4 is 5.82 Å². The number of anilines is 1. The maximum atomic E-state index is 6.02. The van der Waals surface area contributed by atoms with Crippen molar-refractivity contribution in [2.45, 2.75) is 39.5 Å². The highest BCUT2D eigenvalue weighted by atomic mass is 16.5. The fourth-order valence-corrected chi connectivity index (χ4v) is 2.54. The molecule has 0 radical (unpaired) electrons. The third-order valence-electron chi connectivity index (χ3n) is 3.61. The van der Waals surface area contributed by atoms with Gasteiger partial charge >= 0.3 is 0 Å². The predicted molar refractivity (Wildman–Crippen MR) is 83.2 cm³/mol. The molecule has 0 bridgehead atoms. The number of nitrogen functional groups attached to an aromatic ring is 1. The first kappa shape index (κ1) is 14.4. The summed E-state index contributed by atoms with van der Waals surface area (Å²) in [6.45, 7) is 8.66. The molecule has 0 aliphatic rings. The second kappa shape index (κ2) is 5.57. The predicted octanol–water partition coefficient (Wildman–Crippen LogP) is 3.91. The molecule has 0 atom stereocenters. The number of methoxy groups -OCH3 is 1. The van der Waals surface area contributed by atoms with Gasteiger partial charge in [0.15, 0.2) is 0 Å². The fraction of sp³-hybridized carbons (Fsp3) is 0.438. The molecule has 0 fully saturated rings. The quantitative estimate of drug-likeness (QED) is 0.887. The molecule has 4 heteroatoms. The lowest BCUT2D eigenvalue weighted by molar-refractivity contribution is 0.408. The highest BCUT2D eigenvalue weighted by Gasteiger charge is 2.21. The van der Waals surface area contributed by atoms with Crippen LogP contribution in [0, 0.1) is 0 Å². The Kier molecular flexibility index (Phi) is 4.02. The van der Waals surface area contributed by atoms with Gasteiger partial charge < -0.3 is 10.5 Å². The molecular formula is C16H23N3O. The first-order valence-corrected chi connectivity index (χ1v) is 6.97. The topological polar surface area (TPSA) is 63.9 Å². The van der Waals surface area contributed by atoms with E-state index in [2.05, 4.69) is 50.0 Å². The number of nitrogens with zero attached hydrogens (tertiary/aromatic N) is 1. The summed E-state index contributed by atoms with van der Waals surface area (Å²) in [5.41, 5.74) is 10.4. The van der Waals surface area contributed by atoms with Crippen LogP contribution in [0.1, 0.15) is 50.7 Å². The molecular weight excluding hydrogens is 250 g/mol. The highest BCUT2D eigenvalue weighted by molar-refractivity contribution is 5.82. The smallest absolute Gasteiger partial charge is 0.130 e. The molecule has 1 aromatic carbocycles. The summed E-state index contributed by atoms with van der Waals surface area (Å²) in [6.07, 6.45) is 1.77. The molecule has 2 aromatic rings. The summed E-state index contributed by atoms with van der Waals surface area (Å²) in [5, 5.41) is 6.85. The first-order chi connectivity index (χ1) is 9.47. The lowest BCUT2D eigenvalue weighted by atomic mass is 9.88. The number of benzene rings is 1. The van der Waals surface area contributed by atoms with Crippen LogP contribution in [0.25, 0.3) is 11.1 Å². The number of H-pyrrole nitrogens is 1. The van der Waals surface area contributed by atoms with Gasteiger partial charge in [0.2, 0.25) is 0 Å². The number of nitrogens with one attached hydrogen (secondary N) is 1. The van der Waals surface area contributed by atoms with Gasteiger partial charge in [0.05, 0.1) is 13.3 Å². The van der Waals surface area contributed by atoms with E-state index in [0.29, 0.717) is 17.7 Å². The Bertz CT molecular complexity index is 600. The molecule has 0 aliphatic heterocycles. The molecule has 0 saturated heterocycles. The van der Waals surface area contributed by atoms with Gasteiger partial charge in [0.1, 0.15) is 11.6 Å². The zero-order valence-corrected chi connectivity index (χ0v) is 12.8. The molecule has 1 aromatic heterocycles. The maximum absolute atomic E-state index is 6.02. The van der Waals surface area contributed by atoms with Gasteiger partial charge in [-0.25, -0.2) is 0 Å². The van der Waals surface area contributed by atoms with Crippen LogP contribution >= 0.6 is 0 Å². The minimum atomic E-state index is 0.384. The van der Waals surface area contributed by atoms with Crippen molar-refractivity contribution in [1.29, 1.82) is 0 Å². The third-order valence-corrected chi connectivity index (χ3v) is 3.61. The largest absolute Gasteiger partial charge is 0.496 e. The molecule has 20 heavy (non-hydrogen) atoms. The van der Waals surface area contributed by atoms with Gasteiger partial charge in [0, 0.05) is 11.1 Å². The highest BCUT2D eigenvalue weighted by Crippen LogP contribution is 2.43. The average molecular weight is 273 g/mol. The van der Waals surface area contributed by atoms with Crippen molar-refractivity contribution in [3.63, 3.8) is 0 Å². The average Bonchev–Trinajstić information content (AvgIpc) is 2.82. The van der Waals surface area contributed by atoms with Gasteiger partial charge in [-0.1, -0.05) is 39.8 Å². The van der Waals surface area contributed by atoms with Crippen LogP contribution < -0.4 is 10.5 Å². The Morgan fingerprint density at radius 2 is 1.70 bits per heavy atom. The Hall–Kier alpha value is -1.97. The van der Waals surface area contributed by atoms with E-state index in [9.17, 15) is 0 Å².